The average Bonchev–Trinajstić information content (AvgIpc) is 3.35. The molecule has 2 aliphatic carbocycles. The van der Waals surface area contributed by atoms with Crippen molar-refractivity contribution in [3.8, 4) is 5.75 Å². The van der Waals surface area contributed by atoms with Gasteiger partial charge >= 0.3 is 11.9 Å². The number of benzene rings is 1. The van der Waals surface area contributed by atoms with E-state index in [0.717, 1.165) is 11.1 Å². The minimum atomic E-state index is -0.887. The number of carboxylic acids is 2. The Kier molecular flexibility index (Phi) is 8.98. The summed E-state index contributed by atoms with van der Waals surface area (Å²) in [5.74, 6) is -6.10. The van der Waals surface area contributed by atoms with Crippen molar-refractivity contribution in [3.63, 3.8) is 0 Å². The first kappa shape index (κ1) is 30.4. The highest BCUT2D eigenvalue weighted by atomic mass is 16.4. The van der Waals surface area contributed by atoms with Gasteiger partial charge in [0, 0.05) is 31.8 Å². The molecule has 0 bridgehead atoms. The summed E-state index contributed by atoms with van der Waals surface area (Å²) in [6.45, 7) is 0.433. The normalized spacial score (nSPS) is 28.0. The Morgan fingerprint density at radius 2 is 1.21 bits per heavy atom. The molecule has 4 aliphatic rings. The molecule has 4 amide bonds. The number of carboxylic acid groups (broad SMARTS) is 2. The molecule has 1 aromatic carbocycles. The number of hydrogen-bond acceptors (Lipinski definition) is 7. The maximum Gasteiger partial charge on any atom is 0.303 e. The van der Waals surface area contributed by atoms with Crippen molar-refractivity contribution in [2.24, 2.45) is 29.6 Å². The minimum Gasteiger partial charge on any atom is -0.508 e. The lowest BCUT2D eigenvalue weighted by Crippen LogP contribution is -2.43. The van der Waals surface area contributed by atoms with Gasteiger partial charge in [-0.1, -0.05) is 36.6 Å². The summed E-state index contributed by atoms with van der Waals surface area (Å²) in [6, 6.07) is 6.56. The molecule has 3 fully saturated rings. The molecular formula is C32H38N2O9. The van der Waals surface area contributed by atoms with Gasteiger partial charge in [-0.25, -0.2) is 0 Å². The highest BCUT2D eigenvalue weighted by Gasteiger charge is 2.61. The summed E-state index contributed by atoms with van der Waals surface area (Å²) in [4.78, 5) is 79.0. The first-order chi connectivity index (χ1) is 20.6. The lowest BCUT2D eigenvalue weighted by molar-refractivity contribution is -0.142. The summed E-state index contributed by atoms with van der Waals surface area (Å²) < 4.78 is 0. The van der Waals surface area contributed by atoms with Crippen molar-refractivity contribution < 1.29 is 44.1 Å². The molecule has 6 atom stereocenters. The molecule has 5 rings (SSSR count). The van der Waals surface area contributed by atoms with E-state index in [1.807, 2.05) is 6.08 Å². The predicted octanol–water partition coefficient (Wildman–Crippen LogP) is 3.32. The number of rotatable bonds is 13. The number of likely N-dealkylation sites (tertiary alicyclic amines) is 2. The molecule has 1 aromatic rings. The number of carbonyl (C=O) groups excluding carboxylic acids is 4. The molecule has 2 heterocycles. The van der Waals surface area contributed by atoms with E-state index in [2.05, 4.69) is 0 Å². The third kappa shape index (κ3) is 5.94. The van der Waals surface area contributed by atoms with Crippen LogP contribution in [0.15, 0.2) is 35.9 Å². The zero-order valence-corrected chi connectivity index (χ0v) is 24.0. The van der Waals surface area contributed by atoms with Crippen LogP contribution in [-0.2, 0) is 28.8 Å². The number of aliphatic carboxylic acids is 2. The Bertz CT molecular complexity index is 1340. The van der Waals surface area contributed by atoms with E-state index in [1.165, 1.54) is 21.9 Å². The van der Waals surface area contributed by atoms with Gasteiger partial charge in [-0.2, -0.15) is 0 Å². The quantitative estimate of drug-likeness (QED) is 0.176. The van der Waals surface area contributed by atoms with Gasteiger partial charge in [0.15, 0.2) is 0 Å². The molecule has 11 nitrogen and oxygen atoms in total. The number of fused-ring (bicyclic) bond motifs is 4. The van der Waals surface area contributed by atoms with E-state index in [9.17, 15) is 33.9 Å². The second-order valence-corrected chi connectivity index (χ2v) is 12.2. The number of carbonyl (C=O) groups is 6. The van der Waals surface area contributed by atoms with Gasteiger partial charge in [0.05, 0.1) is 23.7 Å². The number of unbranched alkanes of at least 4 members (excludes halogenated alkanes) is 4. The van der Waals surface area contributed by atoms with Gasteiger partial charge in [-0.05, 0) is 62.1 Å². The Hall–Kier alpha value is -4.02. The van der Waals surface area contributed by atoms with E-state index in [1.54, 1.807) is 12.1 Å². The van der Waals surface area contributed by atoms with Gasteiger partial charge < -0.3 is 15.3 Å². The molecule has 2 aliphatic heterocycles. The molecule has 3 N–H and O–H groups in total. The highest BCUT2D eigenvalue weighted by molar-refractivity contribution is 6.08. The molecule has 11 heteroatoms. The van der Waals surface area contributed by atoms with Crippen LogP contribution in [0.5, 0.6) is 5.75 Å². The number of allylic oxidation sites excluding steroid dienone is 2. The average molecular weight is 595 g/mol. The second-order valence-electron chi connectivity index (χ2n) is 12.2. The number of amides is 4. The first-order valence-electron chi connectivity index (χ1n) is 15.2. The van der Waals surface area contributed by atoms with Gasteiger partial charge in [-0.3, -0.25) is 38.6 Å². The Balaban J connectivity index is 1.38. The predicted molar refractivity (Wildman–Crippen MR) is 151 cm³/mol. The lowest BCUT2D eigenvalue weighted by Gasteiger charge is -2.44. The van der Waals surface area contributed by atoms with Crippen molar-refractivity contribution in [3.05, 3.63) is 41.5 Å². The Morgan fingerprint density at radius 1 is 0.674 bits per heavy atom. The molecule has 2 saturated heterocycles. The molecule has 0 radical (unpaired) electrons. The molecule has 0 aromatic heterocycles. The van der Waals surface area contributed by atoms with Crippen LogP contribution in [0.2, 0.25) is 0 Å². The van der Waals surface area contributed by atoms with Crippen molar-refractivity contribution in [1.82, 2.24) is 9.80 Å². The van der Waals surface area contributed by atoms with Crippen LogP contribution >= 0.6 is 0 Å². The van der Waals surface area contributed by atoms with Crippen molar-refractivity contribution in [2.45, 2.75) is 70.1 Å². The molecule has 0 unspecified atom stereocenters. The van der Waals surface area contributed by atoms with Gasteiger partial charge in [0.2, 0.25) is 23.6 Å². The fourth-order valence-electron chi connectivity index (χ4n) is 7.66. The SMILES string of the molecule is O=C(O)CCCCCN1C(=O)[C@H]2[C@H](CC=C3[C@H]2C[C@H]2C(=O)N(CCCCCC(=O)O)C(=O)[C@H]2[C@H]3c2ccc(O)cc2)C1=O. The van der Waals surface area contributed by atoms with Gasteiger partial charge in [-0.15, -0.1) is 0 Å². The summed E-state index contributed by atoms with van der Waals surface area (Å²) in [6.07, 6.45) is 5.79. The van der Waals surface area contributed by atoms with Crippen molar-refractivity contribution >= 4 is 35.6 Å². The zero-order valence-electron chi connectivity index (χ0n) is 24.0. The molecular weight excluding hydrogens is 556 g/mol. The van der Waals surface area contributed by atoms with Gasteiger partial charge in [0.25, 0.3) is 0 Å². The monoisotopic (exact) mass is 594 g/mol. The standard InChI is InChI=1S/C32H38N2O9/c35-19-11-9-18(10-12-19)26-20-13-14-21-27(31(42)33(29(21)40)15-5-1-3-7-24(36)37)22(20)17-23-28(26)32(43)34(30(23)41)16-6-2-4-8-25(38)39/h9-13,21-23,26-28,35H,1-8,14-17H2,(H,36,37)(H,38,39)/t21-,22+,23+,26-,27-,28+/m0/s1. The maximum atomic E-state index is 13.8. The van der Waals surface area contributed by atoms with Crippen LogP contribution in [0.1, 0.15) is 75.7 Å². The van der Waals surface area contributed by atoms with Gasteiger partial charge in [0.1, 0.15) is 5.75 Å². The molecule has 1 saturated carbocycles. The van der Waals surface area contributed by atoms with Crippen LogP contribution in [0.3, 0.4) is 0 Å². The number of phenols is 1. The summed E-state index contributed by atoms with van der Waals surface area (Å²) in [5, 5.41) is 27.7. The third-order valence-electron chi connectivity index (χ3n) is 9.63. The number of nitrogens with zero attached hydrogens (tertiary/aromatic N) is 2. The maximum absolute atomic E-state index is 13.8. The highest BCUT2D eigenvalue weighted by Crippen LogP contribution is 2.57. The molecule has 43 heavy (non-hydrogen) atoms. The van der Waals surface area contributed by atoms with Crippen LogP contribution < -0.4 is 0 Å². The Morgan fingerprint density at radius 3 is 1.77 bits per heavy atom. The summed E-state index contributed by atoms with van der Waals surface area (Å²) in [5.41, 5.74) is 1.65. The number of imide groups is 2. The fraction of sp³-hybridized carbons (Fsp3) is 0.562. The topological polar surface area (TPSA) is 170 Å². The van der Waals surface area contributed by atoms with E-state index in [4.69, 9.17) is 10.2 Å². The first-order valence-corrected chi connectivity index (χ1v) is 15.2. The van der Waals surface area contributed by atoms with E-state index in [-0.39, 0.29) is 67.6 Å². The van der Waals surface area contributed by atoms with Crippen LogP contribution in [-0.4, -0.2) is 73.8 Å². The van der Waals surface area contributed by atoms with E-state index < -0.39 is 41.5 Å². The minimum absolute atomic E-state index is 0.0283. The van der Waals surface area contributed by atoms with Crippen LogP contribution in [0, 0.1) is 29.6 Å². The Labute approximate surface area is 249 Å². The smallest absolute Gasteiger partial charge is 0.303 e. The van der Waals surface area contributed by atoms with E-state index >= 15 is 0 Å². The largest absolute Gasteiger partial charge is 0.508 e. The van der Waals surface area contributed by atoms with Crippen LogP contribution in [0.25, 0.3) is 0 Å². The molecule has 0 spiro atoms. The zero-order chi connectivity index (χ0) is 30.8. The second kappa shape index (κ2) is 12.7. The number of phenolic OH excluding ortho intramolecular Hbond substituents is 1. The third-order valence-corrected chi connectivity index (χ3v) is 9.63. The number of aromatic hydroxyl groups is 1. The number of hydrogen-bond donors (Lipinski definition) is 3. The summed E-state index contributed by atoms with van der Waals surface area (Å²) >= 11 is 0. The van der Waals surface area contributed by atoms with Crippen molar-refractivity contribution in [2.75, 3.05) is 13.1 Å². The van der Waals surface area contributed by atoms with Crippen molar-refractivity contribution in [1.29, 1.82) is 0 Å². The van der Waals surface area contributed by atoms with E-state index in [0.29, 0.717) is 44.9 Å². The summed E-state index contributed by atoms with van der Waals surface area (Å²) in [7, 11) is 0. The lowest BCUT2D eigenvalue weighted by atomic mass is 9.57. The molecule has 230 valence electrons. The van der Waals surface area contributed by atoms with Crippen LogP contribution in [0.4, 0.5) is 0 Å². The fourth-order valence-corrected chi connectivity index (χ4v) is 7.66.